The molecule has 0 N–H and O–H groups in total. The van der Waals surface area contributed by atoms with Crippen LogP contribution in [0.25, 0.3) is 93.6 Å². The first-order chi connectivity index (χ1) is 39.0. The molecule has 0 amide bonds. The molecule has 11 aromatic carbocycles. The Hall–Kier alpha value is -10.4. The fourth-order valence-corrected chi connectivity index (χ4v) is 12.5. The van der Waals surface area contributed by atoms with Crippen LogP contribution in [0, 0.1) is 13.8 Å². The summed E-state index contributed by atoms with van der Waals surface area (Å²) >= 11 is 0. The minimum absolute atomic E-state index is 1.07. The average Bonchev–Trinajstić information content (AvgIpc) is 4.31. The highest BCUT2D eigenvalue weighted by molar-refractivity contribution is 6.13. The smallest absolute Gasteiger partial charge is 0.0572 e. The molecule has 0 saturated heterocycles. The van der Waals surface area contributed by atoms with Gasteiger partial charge in [0.2, 0.25) is 0 Å². The number of fused-ring (bicyclic) bond motifs is 9. The Morgan fingerprint density at radius 3 is 1.08 bits per heavy atom. The number of aryl methyl sites for hydroxylation is 2. The Kier molecular flexibility index (Phi) is 10.9. The molecule has 0 spiro atoms. The van der Waals surface area contributed by atoms with Crippen molar-refractivity contribution in [3.8, 4) is 28.2 Å². The molecular weight excluding hydrogens is 961 g/mol. The van der Waals surface area contributed by atoms with Gasteiger partial charge in [-0.2, -0.15) is 0 Å². The van der Waals surface area contributed by atoms with E-state index >= 15 is 0 Å². The van der Waals surface area contributed by atoms with Crippen LogP contribution in [-0.4, -0.2) is 18.7 Å². The van der Waals surface area contributed by atoms with Gasteiger partial charge in [-0.3, -0.25) is 4.98 Å². The minimum atomic E-state index is 1.07. The first kappa shape index (κ1) is 45.9. The van der Waals surface area contributed by atoms with E-state index in [2.05, 4.69) is 309 Å². The predicted octanol–water partition coefficient (Wildman–Crippen LogP) is 19.6. The monoisotopic (exact) mass is 1010 g/mol. The Labute approximate surface area is 458 Å². The molecule has 0 radical (unpaired) electrons. The lowest BCUT2D eigenvalue weighted by molar-refractivity contribution is 1.12. The summed E-state index contributed by atoms with van der Waals surface area (Å²) in [4.78, 5) is 9.25. The number of pyridine rings is 1. The summed E-state index contributed by atoms with van der Waals surface area (Å²) in [6.45, 7) is 4.52. The largest absolute Gasteiger partial charge is 0.310 e. The molecule has 6 heteroatoms. The minimum Gasteiger partial charge on any atom is -0.310 e. The number of benzene rings is 11. The molecule has 0 aliphatic rings. The maximum absolute atomic E-state index is 4.56. The highest BCUT2D eigenvalue weighted by Gasteiger charge is 2.23. The highest BCUT2D eigenvalue weighted by Crippen LogP contribution is 2.44. The number of nitrogens with zero attached hydrogens (tertiary/aromatic N) is 6. The second kappa shape index (κ2) is 18.7. The Bertz CT molecular complexity index is 4430. The van der Waals surface area contributed by atoms with Gasteiger partial charge in [0, 0.05) is 90.2 Å². The maximum Gasteiger partial charge on any atom is 0.0572 e. The van der Waals surface area contributed by atoms with E-state index in [1.54, 1.807) is 0 Å². The van der Waals surface area contributed by atoms with Crippen molar-refractivity contribution in [3.63, 3.8) is 0 Å². The molecule has 79 heavy (non-hydrogen) atoms. The van der Waals surface area contributed by atoms with Gasteiger partial charge < -0.3 is 23.5 Å². The molecule has 0 aliphatic heterocycles. The standard InChI is InChI=1S/C73H52N6/c1-49-41-51(42-50(2)73(49)79-69-34-20-17-31-63(69)66-48-74-40-39-72(66)79)52-43-59(77-67-32-18-15-29-61(67)64-46-57(35-37-70(64)77)75(53-21-7-3-8-22-53)54-23-9-4-10-24-54)45-60(44-52)78-68-33-19-16-30-62(68)65-47-58(36-38-71(65)78)76(55-25-11-5-12-26-55)56-27-13-6-14-28-56/h3-48H,1-2H3. The van der Waals surface area contributed by atoms with Crippen LogP contribution in [-0.2, 0) is 0 Å². The summed E-state index contributed by atoms with van der Waals surface area (Å²) in [5.74, 6) is 0. The molecule has 0 unspecified atom stereocenters. The summed E-state index contributed by atoms with van der Waals surface area (Å²) in [5.41, 5.74) is 21.5. The molecular formula is C73H52N6. The van der Waals surface area contributed by atoms with Crippen molar-refractivity contribution in [2.24, 2.45) is 0 Å². The van der Waals surface area contributed by atoms with Crippen LogP contribution >= 0.6 is 0 Å². The quantitative estimate of drug-likeness (QED) is 0.137. The molecule has 0 saturated carbocycles. The molecule has 0 fully saturated rings. The number of hydrogen-bond donors (Lipinski definition) is 0. The second-order valence-electron chi connectivity index (χ2n) is 20.6. The van der Waals surface area contributed by atoms with E-state index < -0.39 is 0 Å². The number of hydrogen-bond acceptors (Lipinski definition) is 3. The van der Waals surface area contributed by atoms with Gasteiger partial charge in [-0.15, -0.1) is 0 Å². The van der Waals surface area contributed by atoms with Gasteiger partial charge in [0.15, 0.2) is 0 Å². The molecule has 6 nitrogen and oxygen atoms in total. The van der Waals surface area contributed by atoms with Crippen LogP contribution in [0.4, 0.5) is 34.1 Å². The van der Waals surface area contributed by atoms with Gasteiger partial charge in [0.1, 0.15) is 0 Å². The molecule has 4 aromatic heterocycles. The van der Waals surface area contributed by atoms with E-state index in [1.807, 2.05) is 12.4 Å². The van der Waals surface area contributed by atoms with Crippen molar-refractivity contribution in [3.05, 3.63) is 290 Å². The van der Waals surface area contributed by atoms with Crippen molar-refractivity contribution in [1.82, 2.24) is 18.7 Å². The maximum atomic E-state index is 4.56. The third-order valence-electron chi connectivity index (χ3n) is 15.8. The van der Waals surface area contributed by atoms with Crippen LogP contribution in [0.2, 0.25) is 0 Å². The molecule has 0 atom stereocenters. The normalized spacial score (nSPS) is 11.7. The van der Waals surface area contributed by atoms with Crippen LogP contribution in [0.5, 0.6) is 0 Å². The zero-order valence-electron chi connectivity index (χ0n) is 43.7. The summed E-state index contributed by atoms with van der Waals surface area (Å²) in [5, 5.41) is 7.09. The molecule has 0 bridgehead atoms. The number of rotatable bonds is 10. The molecule has 15 rings (SSSR count). The van der Waals surface area contributed by atoms with Crippen molar-refractivity contribution >= 4 is 99.5 Å². The molecule has 4 heterocycles. The summed E-state index contributed by atoms with van der Waals surface area (Å²) in [6, 6.07) is 97.1. The fourth-order valence-electron chi connectivity index (χ4n) is 12.5. The fraction of sp³-hybridized carbons (Fsp3) is 0.0274. The number of para-hydroxylation sites is 7. The zero-order chi connectivity index (χ0) is 52.6. The van der Waals surface area contributed by atoms with Crippen LogP contribution in [0.15, 0.2) is 279 Å². The van der Waals surface area contributed by atoms with Crippen LogP contribution in [0.3, 0.4) is 0 Å². The van der Waals surface area contributed by atoms with Crippen molar-refractivity contribution in [2.45, 2.75) is 13.8 Å². The van der Waals surface area contributed by atoms with Crippen molar-refractivity contribution in [2.75, 3.05) is 9.80 Å². The SMILES string of the molecule is Cc1cc(-c2cc(-n3c4ccccc4c4cc(N(c5ccccc5)c5ccccc5)ccc43)cc(-n3c4ccccc4c4cc(N(c5ccccc5)c5ccccc5)ccc43)c2)cc(C)c1-n1c2ccccc2c2cnccc21. The highest BCUT2D eigenvalue weighted by atomic mass is 15.1. The topological polar surface area (TPSA) is 34.2 Å². The lowest BCUT2D eigenvalue weighted by Gasteiger charge is -2.25. The molecule has 0 aliphatic carbocycles. The van der Waals surface area contributed by atoms with Gasteiger partial charge in [0.25, 0.3) is 0 Å². The number of aromatic nitrogens is 4. The zero-order valence-corrected chi connectivity index (χ0v) is 43.7. The van der Waals surface area contributed by atoms with Gasteiger partial charge in [-0.05, 0) is 176 Å². The lowest BCUT2D eigenvalue weighted by atomic mass is 9.97. The first-order valence-electron chi connectivity index (χ1n) is 27.0. The summed E-state index contributed by atoms with van der Waals surface area (Å²) < 4.78 is 7.37. The Balaban J connectivity index is 0.969. The predicted molar refractivity (Wildman–Crippen MR) is 332 cm³/mol. The van der Waals surface area contributed by atoms with E-state index in [0.717, 1.165) is 89.6 Å². The van der Waals surface area contributed by atoms with Gasteiger partial charge in [-0.25, -0.2) is 0 Å². The summed E-state index contributed by atoms with van der Waals surface area (Å²) in [6.07, 6.45) is 3.90. The van der Waals surface area contributed by atoms with E-state index in [0.29, 0.717) is 0 Å². The Morgan fingerprint density at radius 1 is 0.278 bits per heavy atom. The molecule has 374 valence electrons. The van der Waals surface area contributed by atoms with E-state index in [4.69, 9.17) is 0 Å². The van der Waals surface area contributed by atoms with Gasteiger partial charge >= 0.3 is 0 Å². The van der Waals surface area contributed by atoms with Gasteiger partial charge in [-0.1, -0.05) is 127 Å². The summed E-state index contributed by atoms with van der Waals surface area (Å²) in [7, 11) is 0. The number of anilines is 6. The first-order valence-corrected chi connectivity index (χ1v) is 27.0. The molecule has 15 aromatic rings. The van der Waals surface area contributed by atoms with E-state index in [-0.39, 0.29) is 0 Å². The Morgan fingerprint density at radius 2 is 0.633 bits per heavy atom. The third-order valence-corrected chi connectivity index (χ3v) is 15.8. The van der Waals surface area contributed by atoms with Crippen LogP contribution < -0.4 is 9.80 Å². The average molecular weight is 1010 g/mol. The van der Waals surface area contributed by atoms with E-state index in [1.165, 1.54) is 49.3 Å². The second-order valence-corrected chi connectivity index (χ2v) is 20.6. The van der Waals surface area contributed by atoms with Crippen molar-refractivity contribution in [1.29, 1.82) is 0 Å². The van der Waals surface area contributed by atoms with Gasteiger partial charge in [0.05, 0.1) is 38.8 Å². The third kappa shape index (κ3) is 7.60. The van der Waals surface area contributed by atoms with Crippen LogP contribution in [0.1, 0.15) is 11.1 Å². The van der Waals surface area contributed by atoms with E-state index in [9.17, 15) is 0 Å². The lowest BCUT2D eigenvalue weighted by Crippen LogP contribution is -2.09. The van der Waals surface area contributed by atoms with Crippen molar-refractivity contribution < 1.29 is 0 Å².